The molecule has 0 saturated carbocycles. The Labute approximate surface area is 121 Å². The highest BCUT2D eigenvalue weighted by Gasteiger charge is 2.19. The molecule has 0 fully saturated rings. The van der Waals surface area contributed by atoms with Crippen molar-refractivity contribution in [1.82, 2.24) is 4.90 Å². The van der Waals surface area contributed by atoms with E-state index in [0.29, 0.717) is 5.69 Å². The van der Waals surface area contributed by atoms with Gasteiger partial charge in [-0.15, -0.1) is 11.8 Å². The standard InChI is InChI=1S/C13H18F2N2O2S/c1-9-4-3-5-10(20-2)12(9)16-13(19)17(6-7-18)8-11(14)15/h3-5,11,18H,6-8H2,1-2H3,(H,16,19). The van der Waals surface area contributed by atoms with Crippen LogP contribution in [0.15, 0.2) is 23.1 Å². The summed E-state index contributed by atoms with van der Waals surface area (Å²) < 4.78 is 24.8. The van der Waals surface area contributed by atoms with Gasteiger partial charge in [0.05, 0.1) is 18.8 Å². The summed E-state index contributed by atoms with van der Waals surface area (Å²) in [7, 11) is 0. The molecule has 0 heterocycles. The molecule has 1 aromatic carbocycles. The number of thioether (sulfide) groups is 1. The lowest BCUT2D eigenvalue weighted by Crippen LogP contribution is -2.40. The fourth-order valence-corrected chi connectivity index (χ4v) is 2.35. The molecule has 0 radical (unpaired) electrons. The topological polar surface area (TPSA) is 52.6 Å². The molecule has 0 spiro atoms. The van der Waals surface area contributed by atoms with Gasteiger partial charge in [-0.2, -0.15) is 0 Å². The van der Waals surface area contributed by atoms with E-state index in [1.54, 1.807) is 0 Å². The van der Waals surface area contributed by atoms with Gasteiger partial charge in [0.2, 0.25) is 0 Å². The summed E-state index contributed by atoms with van der Waals surface area (Å²) in [5.74, 6) is 0. The number of carbonyl (C=O) groups excluding carboxylic acids is 1. The maximum atomic E-state index is 12.4. The minimum atomic E-state index is -2.64. The number of nitrogens with one attached hydrogen (secondary N) is 1. The van der Waals surface area contributed by atoms with Crippen LogP contribution in [0.25, 0.3) is 0 Å². The van der Waals surface area contributed by atoms with Crippen LogP contribution < -0.4 is 5.32 Å². The molecule has 1 aromatic rings. The highest BCUT2D eigenvalue weighted by atomic mass is 32.2. The van der Waals surface area contributed by atoms with Gasteiger partial charge in [0.25, 0.3) is 6.43 Å². The van der Waals surface area contributed by atoms with Crippen LogP contribution in [0.4, 0.5) is 19.3 Å². The molecule has 0 bridgehead atoms. The normalized spacial score (nSPS) is 10.7. The number of nitrogens with zero attached hydrogens (tertiary/aromatic N) is 1. The number of alkyl halides is 2. The van der Waals surface area contributed by atoms with E-state index in [9.17, 15) is 13.6 Å². The first-order valence-electron chi connectivity index (χ1n) is 6.08. The number of amides is 2. The second-order valence-corrected chi connectivity index (χ2v) is 4.99. The van der Waals surface area contributed by atoms with Crippen LogP contribution in [-0.2, 0) is 0 Å². The first-order chi connectivity index (χ1) is 9.49. The zero-order valence-electron chi connectivity index (χ0n) is 11.4. The Morgan fingerprint density at radius 1 is 1.50 bits per heavy atom. The maximum absolute atomic E-state index is 12.4. The Kier molecular flexibility index (Phi) is 6.74. The largest absolute Gasteiger partial charge is 0.395 e. The van der Waals surface area contributed by atoms with Crippen molar-refractivity contribution in [3.63, 3.8) is 0 Å². The number of hydrogen-bond donors (Lipinski definition) is 2. The van der Waals surface area contributed by atoms with Crippen LogP contribution in [-0.4, -0.2) is 48.4 Å². The molecule has 112 valence electrons. The average molecular weight is 304 g/mol. The number of para-hydroxylation sites is 1. The molecule has 0 atom stereocenters. The van der Waals surface area contributed by atoms with E-state index in [1.807, 2.05) is 31.4 Å². The molecule has 7 heteroatoms. The van der Waals surface area contributed by atoms with Gasteiger partial charge in [-0.25, -0.2) is 13.6 Å². The van der Waals surface area contributed by atoms with Gasteiger partial charge >= 0.3 is 6.03 Å². The first-order valence-corrected chi connectivity index (χ1v) is 7.30. The van der Waals surface area contributed by atoms with Crippen molar-refractivity contribution in [3.8, 4) is 0 Å². The predicted molar refractivity (Wildman–Crippen MR) is 76.6 cm³/mol. The van der Waals surface area contributed by atoms with Crippen LogP contribution in [0.2, 0.25) is 0 Å². The van der Waals surface area contributed by atoms with Crippen molar-refractivity contribution < 1.29 is 18.7 Å². The zero-order chi connectivity index (χ0) is 15.1. The minimum Gasteiger partial charge on any atom is -0.395 e. The van der Waals surface area contributed by atoms with E-state index in [2.05, 4.69) is 5.32 Å². The molecule has 0 aromatic heterocycles. The average Bonchev–Trinajstić information content (AvgIpc) is 2.40. The first kappa shape index (κ1) is 16.7. The summed E-state index contributed by atoms with van der Waals surface area (Å²) in [4.78, 5) is 13.8. The van der Waals surface area contributed by atoms with E-state index >= 15 is 0 Å². The summed E-state index contributed by atoms with van der Waals surface area (Å²) in [5, 5.41) is 11.5. The second kappa shape index (κ2) is 8.06. The van der Waals surface area contributed by atoms with Crippen LogP contribution in [0, 0.1) is 6.92 Å². The lowest BCUT2D eigenvalue weighted by atomic mass is 10.2. The van der Waals surface area contributed by atoms with Crippen molar-refractivity contribution in [2.75, 3.05) is 31.3 Å². The fraction of sp³-hybridized carbons (Fsp3) is 0.462. The number of hydrogen-bond acceptors (Lipinski definition) is 3. The Morgan fingerprint density at radius 3 is 2.75 bits per heavy atom. The zero-order valence-corrected chi connectivity index (χ0v) is 12.2. The van der Waals surface area contributed by atoms with E-state index in [-0.39, 0.29) is 13.2 Å². The monoisotopic (exact) mass is 304 g/mol. The lowest BCUT2D eigenvalue weighted by Gasteiger charge is -2.23. The fourth-order valence-electron chi connectivity index (χ4n) is 1.72. The lowest BCUT2D eigenvalue weighted by molar-refractivity contribution is 0.0943. The molecule has 1 rings (SSSR count). The number of benzene rings is 1. The summed E-state index contributed by atoms with van der Waals surface area (Å²) in [6.07, 6.45) is -0.765. The Hall–Kier alpha value is -1.34. The number of aliphatic hydroxyl groups is 1. The van der Waals surface area contributed by atoms with Gasteiger partial charge in [-0.05, 0) is 24.8 Å². The predicted octanol–water partition coefficient (Wildman–Crippen LogP) is 2.81. The molecule has 0 aliphatic heterocycles. The number of rotatable bonds is 6. The number of aliphatic hydroxyl groups excluding tert-OH is 1. The number of urea groups is 1. The van der Waals surface area contributed by atoms with Gasteiger partial charge in [0, 0.05) is 11.4 Å². The maximum Gasteiger partial charge on any atom is 0.322 e. The Bertz CT molecular complexity index is 458. The third-order valence-corrected chi connectivity index (χ3v) is 3.48. The van der Waals surface area contributed by atoms with Crippen LogP contribution in [0.5, 0.6) is 0 Å². The van der Waals surface area contributed by atoms with Crippen molar-refractivity contribution in [3.05, 3.63) is 23.8 Å². The molecular weight excluding hydrogens is 286 g/mol. The summed E-state index contributed by atoms with van der Waals surface area (Å²) in [5.41, 5.74) is 1.47. The van der Waals surface area contributed by atoms with Gasteiger partial charge in [-0.3, -0.25) is 0 Å². The van der Waals surface area contributed by atoms with E-state index in [4.69, 9.17) is 5.11 Å². The van der Waals surface area contributed by atoms with E-state index in [0.717, 1.165) is 15.4 Å². The summed E-state index contributed by atoms with van der Waals surface area (Å²) in [6, 6.07) is 4.90. The molecular formula is C13H18F2N2O2S. The molecule has 0 aliphatic carbocycles. The third kappa shape index (κ3) is 4.64. The van der Waals surface area contributed by atoms with E-state index < -0.39 is 19.0 Å². The van der Waals surface area contributed by atoms with Crippen LogP contribution >= 0.6 is 11.8 Å². The van der Waals surface area contributed by atoms with Gasteiger partial charge in [-0.1, -0.05) is 12.1 Å². The Balaban J connectivity index is 2.87. The smallest absolute Gasteiger partial charge is 0.322 e. The van der Waals surface area contributed by atoms with Crippen molar-refractivity contribution >= 4 is 23.5 Å². The van der Waals surface area contributed by atoms with Gasteiger partial charge < -0.3 is 15.3 Å². The van der Waals surface area contributed by atoms with Gasteiger partial charge in [0.1, 0.15) is 0 Å². The number of aryl methyl sites for hydroxylation is 1. The highest BCUT2D eigenvalue weighted by molar-refractivity contribution is 7.98. The van der Waals surface area contributed by atoms with Crippen molar-refractivity contribution in [2.45, 2.75) is 18.2 Å². The Morgan fingerprint density at radius 2 is 2.20 bits per heavy atom. The minimum absolute atomic E-state index is 0.128. The molecule has 0 unspecified atom stereocenters. The van der Waals surface area contributed by atoms with Crippen LogP contribution in [0.1, 0.15) is 5.56 Å². The summed E-state index contributed by atoms with van der Waals surface area (Å²) >= 11 is 1.46. The molecule has 2 N–H and O–H groups in total. The number of carbonyl (C=O) groups is 1. The van der Waals surface area contributed by atoms with Crippen molar-refractivity contribution in [1.29, 1.82) is 0 Å². The SMILES string of the molecule is CSc1cccc(C)c1NC(=O)N(CCO)CC(F)F. The molecule has 2 amide bonds. The van der Waals surface area contributed by atoms with Crippen molar-refractivity contribution in [2.24, 2.45) is 0 Å². The molecule has 20 heavy (non-hydrogen) atoms. The van der Waals surface area contributed by atoms with Gasteiger partial charge in [0.15, 0.2) is 0 Å². The highest BCUT2D eigenvalue weighted by Crippen LogP contribution is 2.28. The molecule has 0 aliphatic rings. The summed E-state index contributed by atoms with van der Waals surface area (Å²) in [6.45, 7) is 0.645. The third-order valence-electron chi connectivity index (χ3n) is 2.70. The van der Waals surface area contributed by atoms with E-state index in [1.165, 1.54) is 11.8 Å². The second-order valence-electron chi connectivity index (χ2n) is 4.14. The number of anilines is 1. The van der Waals surface area contributed by atoms with Crippen LogP contribution in [0.3, 0.4) is 0 Å². The molecule has 0 saturated heterocycles. The number of halogens is 2. The quantitative estimate of drug-likeness (QED) is 0.795. The molecule has 4 nitrogen and oxygen atoms in total.